The third kappa shape index (κ3) is 5.08. The smallest absolute Gasteiger partial charge is 0.427 e. The first-order valence-electron chi connectivity index (χ1n) is 10.7. The normalized spacial score (nSPS) is 14.5. The molecule has 0 atom stereocenters. The molecular weight excluding hydrogens is 477 g/mol. The van der Waals surface area contributed by atoms with Gasteiger partial charge >= 0.3 is 12.3 Å². The summed E-state index contributed by atoms with van der Waals surface area (Å²) in [5.74, 6) is -0.0105. The van der Waals surface area contributed by atoms with Gasteiger partial charge in [-0.15, -0.1) is 5.10 Å². The molecule has 0 saturated heterocycles. The van der Waals surface area contributed by atoms with Crippen molar-refractivity contribution in [1.82, 2.24) is 9.78 Å². The highest BCUT2D eigenvalue weighted by Gasteiger charge is 2.51. The van der Waals surface area contributed by atoms with Crippen LogP contribution in [0.3, 0.4) is 0 Å². The Balaban J connectivity index is 1.92. The first-order chi connectivity index (χ1) is 15.8. The zero-order valence-electron chi connectivity index (χ0n) is 19.3. The van der Waals surface area contributed by atoms with Crippen LogP contribution in [0.5, 0.6) is 5.88 Å². The van der Waals surface area contributed by atoms with Gasteiger partial charge in [0.15, 0.2) is 4.90 Å². The van der Waals surface area contributed by atoms with Crippen molar-refractivity contribution in [3.05, 3.63) is 30.0 Å². The van der Waals surface area contributed by atoms with E-state index in [9.17, 15) is 26.4 Å². The molecule has 13 heteroatoms. The Morgan fingerprint density at radius 3 is 2.56 bits per heavy atom. The highest BCUT2D eigenvalue weighted by Crippen LogP contribution is 2.37. The highest BCUT2D eigenvalue weighted by atomic mass is 32.2. The summed E-state index contributed by atoms with van der Waals surface area (Å²) >= 11 is 0. The number of hydrogen-bond acceptors (Lipinski definition) is 6. The molecule has 1 aromatic carbocycles. The van der Waals surface area contributed by atoms with Crippen LogP contribution in [0.15, 0.2) is 29.3 Å². The van der Waals surface area contributed by atoms with E-state index >= 15 is 0 Å². The molecule has 0 aliphatic carbocycles. The number of rotatable bonds is 7. The van der Waals surface area contributed by atoms with Gasteiger partial charge in [-0.05, 0) is 58.2 Å². The number of carbonyl (C=O) groups is 1. The minimum absolute atomic E-state index is 0.0105. The topological polar surface area (TPSA) is 103 Å². The van der Waals surface area contributed by atoms with Gasteiger partial charge < -0.3 is 9.47 Å². The summed E-state index contributed by atoms with van der Waals surface area (Å²) in [5.41, 5.74) is -1.58. The summed E-state index contributed by atoms with van der Waals surface area (Å²) in [6.45, 7) is 5.84. The summed E-state index contributed by atoms with van der Waals surface area (Å²) in [4.78, 5) is 12.0. The third-order valence-electron chi connectivity index (χ3n) is 5.31. The largest absolute Gasteiger partial charge is 0.476 e. The van der Waals surface area contributed by atoms with Gasteiger partial charge in [0, 0.05) is 25.0 Å². The molecule has 0 unspecified atom stereocenters. The van der Waals surface area contributed by atoms with Crippen LogP contribution in [0, 0.1) is 0 Å². The molecule has 1 aromatic heterocycles. The number of alkyl halides is 3. The molecular formula is C21H27F3N4O5S. The second-order valence-corrected chi connectivity index (χ2v) is 9.96. The summed E-state index contributed by atoms with van der Waals surface area (Å²) < 4.78 is 78.8. The van der Waals surface area contributed by atoms with Crippen molar-refractivity contribution in [2.24, 2.45) is 0 Å². The lowest BCUT2D eigenvalue weighted by atomic mass is 10.0. The van der Waals surface area contributed by atoms with Crippen LogP contribution in [0.25, 0.3) is 0 Å². The van der Waals surface area contributed by atoms with E-state index in [0.29, 0.717) is 30.6 Å². The van der Waals surface area contributed by atoms with Crippen LogP contribution in [0.1, 0.15) is 39.7 Å². The molecule has 0 spiro atoms. The fourth-order valence-corrected chi connectivity index (χ4v) is 4.99. The summed E-state index contributed by atoms with van der Waals surface area (Å²) in [6, 6.07) is 4.51. The van der Waals surface area contributed by atoms with E-state index in [1.165, 1.54) is 27.3 Å². The number of carbonyl (C=O) groups excluding carboxylic acids is 1. The van der Waals surface area contributed by atoms with Gasteiger partial charge in [-0.1, -0.05) is 6.07 Å². The van der Waals surface area contributed by atoms with Gasteiger partial charge in [0.25, 0.3) is 15.9 Å². The molecule has 0 bridgehead atoms. The number of amides is 1. The van der Waals surface area contributed by atoms with Crippen LogP contribution in [0.4, 0.5) is 29.3 Å². The van der Waals surface area contributed by atoms with E-state index in [2.05, 4.69) is 15.2 Å². The van der Waals surface area contributed by atoms with Crippen LogP contribution in [0.2, 0.25) is 0 Å². The average molecular weight is 505 g/mol. The molecule has 2 aromatic rings. The van der Waals surface area contributed by atoms with Gasteiger partial charge in [-0.3, -0.25) is 14.3 Å². The lowest BCUT2D eigenvalue weighted by Crippen LogP contribution is -2.44. The first kappa shape index (κ1) is 25.7. The SMILES string of the molecule is CCOc1nn(CC)cc1S(=O)(=O)N1CCCc2ccc(NC(=O)OC(C)(C)C(F)(F)F)cc21. The fourth-order valence-electron chi connectivity index (χ4n) is 3.38. The molecule has 1 aliphatic rings. The molecule has 2 heterocycles. The van der Waals surface area contributed by atoms with Crippen LogP contribution in [-0.4, -0.2) is 49.2 Å². The van der Waals surface area contributed by atoms with E-state index in [4.69, 9.17) is 4.74 Å². The molecule has 1 N–H and O–H groups in total. The predicted octanol–water partition coefficient (Wildman–Crippen LogP) is 4.33. The maximum absolute atomic E-state index is 13.6. The quantitative estimate of drug-likeness (QED) is 0.602. The number of anilines is 2. The molecule has 0 saturated carbocycles. The molecule has 188 valence electrons. The van der Waals surface area contributed by atoms with E-state index < -0.39 is 27.9 Å². The standard InChI is InChI=1S/C21H27F3N4O5S/c1-5-27-13-17(18(26-27)32-6-2)34(30,31)28-11-7-8-14-9-10-15(12-16(14)28)25-19(29)33-20(3,4)21(22,23)24/h9-10,12-13H,5-8,11H2,1-4H3,(H,25,29). The maximum Gasteiger partial charge on any atom is 0.427 e. The Bertz CT molecular complexity index is 1160. The summed E-state index contributed by atoms with van der Waals surface area (Å²) in [6.07, 6.45) is -3.51. The number of benzene rings is 1. The Hall–Kier alpha value is -2.96. The molecule has 34 heavy (non-hydrogen) atoms. The highest BCUT2D eigenvalue weighted by molar-refractivity contribution is 7.93. The number of hydrogen-bond donors (Lipinski definition) is 1. The molecule has 0 radical (unpaired) electrons. The van der Waals surface area contributed by atoms with Crippen LogP contribution in [-0.2, 0) is 27.7 Å². The Morgan fingerprint density at radius 1 is 1.24 bits per heavy atom. The number of nitrogens with one attached hydrogen (secondary N) is 1. The molecule has 3 rings (SSSR count). The van der Waals surface area contributed by atoms with Crippen molar-refractivity contribution in [2.45, 2.75) is 63.8 Å². The number of halogens is 3. The number of nitrogens with zero attached hydrogens (tertiary/aromatic N) is 3. The van der Waals surface area contributed by atoms with Gasteiger partial charge in [-0.2, -0.15) is 13.2 Å². The van der Waals surface area contributed by atoms with Crippen molar-refractivity contribution in [2.75, 3.05) is 22.8 Å². The van der Waals surface area contributed by atoms with Crippen molar-refractivity contribution < 1.29 is 35.9 Å². The third-order valence-corrected chi connectivity index (χ3v) is 7.10. The van der Waals surface area contributed by atoms with Crippen molar-refractivity contribution in [1.29, 1.82) is 0 Å². The molecule has 1 amide bonds. The molecule has 9 nitrogen and oxygen atoms in total. The van der Waals surface area contributed by atoms with E-state index in [1.54, 1.807) is 13.0 Å². The monoisotopic (exact) mass is 504 g/mol. The van der Waals surface area contributed by atoms with E-state index in [0.717, 1.165) is 13.8 Å². The molecule has 0 fully saturated rings. The van der Waals surface area contributed by atoms with Crippen molar-refractivity contribution in [3.63, 3.8) is 0 Å². The second kappa shape index (κ2) is 9.35. The fraction of sp³-hybridized carbons (Fsp3) is 0.524. The van der Waals surface area contributed by atoms with Crippen LogP contribution >= 0.6 is 0 Å². The maximum atomic E-state index is 13.6. The van der Waals surface area contributed by atoms with Crippen molar-refractivity contribution in [3.8, 4) is 5.88 Å². The number of aromatic nitrogens is 2. The van der Waals surface area contributed by atoms with Crippen molar-refractivity contribution >= 4 is 27.5 Å². The zero-order valence-corrected chi connectivity index (χ0v) is 20.1. The Kier molecular flexibility index (Phi) is 7.06. The summed E-state index contributed by atoms with van der Waals surface area (Å²) in [5, 5.41) is 6.42. The minimum atomic E-state index is -4.76. The Labute approximate surface area is 195 Å². The number of ether oxygens (including phenoxy) is 2. The van der Waals surface area contributed by atoms with Gasteiger partial charge in [0.05, 0.1) is 12.3 Å². The van der Waals surface area contributed by atoms with Gasteiger partial charge in [0.1, 0.15) is 0 Å². The number of aryl methyl sites for hydroxylation is 2. The lowest BCUT2D eigenvalue weighted by Gasteiger charge is -2.31. The minimum Gasteiger partial charge on any atom is -0.476 e. The van der Waals surface area contributed by atoms with E-state index in [1.807, 2.05) is 6.92 Å². The second-order valence-electron chi connectivity index (χ2n) is 8.13. The van der Waals surface area contributed by atoms with E-state index in [-0.39, 0.29) is 29.6 Å². The predicted molar refractivity (Wildman–Crippen MR) is 119 cm³/mol. The average Bonchev–Trinajstić information content (AvgIpc) is 3.16. The first-order valence-corrected chi connectivity index (χ1v) is 12.2. The van der Waals surface area contributed by atoms with Gasteiger partial charge in [0.2, 0.25) is 5.60 Å². The molecule has 1 aliphatic heterocycles. The number of sulfonamides is 1. The lowest BCUT2D eigenvalue weighted by molar-refractivity contribution is -0.242. The zero-order chi connectivity index (χ0) is 25.3. The van der Waals surface area contributed by atoms with Gasteiger partial charge in [-0.25, -0.2) is 13.2 Å². The Morgan fingerprint density at radius 2 is 1.94 bits per heavy atom. The number of fused-ring (bicyclic) bond motifs is 1. The summed E-state index contributed by atoms with van der Waals surface area (Å²) in [7, 11) is -4.08. The van der Waals surface area contributed by atoms with Crippen LogP contribution < -0.4 is 14.4 Å².